The number of amides is 1. The molecule has 2 aromatic heterocycles. The zero-order chi connectivity index (χ0) is 26.0. The van der Waals surface area contributed by atoms with Crippen LogP contribution in [0.5, 0.6) is 11.5 Å². The van der Waals surface area contributed by atoms with E-state index >= 15 is 0 Å². The summed E-state index contributed by atoms with van der Waals surface area (Å²) >= 11 is 6.46. The summed E-state index contributed by atoms with van der Waals surface area (Å²) in [7, 11) is 0. The zero-order valence-electron chi connectivity index (χ0n) is 19.9. The number of ether oxygens (including phenoxy) is 2. The monoisotopic (exact) mass is 523 g/mol. The number of aliphatic hydroxyl groups excluding tert-OH is 2. The molecule has 0 aliphatic heterocycles. The highest BCUT2D eigenvalue weighted by molar-refractivity contribution is 6.32. The quantitative estimate of drug-likeness (QED) is 0.256. The Bertz CT molecular complexity index is 1340. The molecule has 10 nitrogen and oxygen atoms in total. The lowest BCUT2D eigenvalue weighted by atomic mass is 10.2. The van der Waals surface area contributed by atoms with Gasteiger partial charge >= 0.3 is 0 Å². The van der Waals surface area contributed by atoms with Gasteiger partial charge in [-0.05, 0) is 42.5 Å². The number of carbonyl (C=O) groups is 1. The van der Waals surface area contributed by atoms with Crippen LogP contribution in [0.3, 0.4) is 0 Å². The largest absolute Gasteiger partial charge is 0.491 e. The van der Waals surface area contributed by atoms with Gasteiger partial charge in [0.15, 0.2) is 0 Å². The van der Waals surface area contributed by atoms with Crippen molar-refractivity contribution >= 4 is 39.9 Å². The lowest BCUT2D eigenvalue weighted by Crippen LogP contribution is -2.38. The number of rotatable bonds is 12. The molecule has 11 heteroatoms. The van der Waals surface area contributed by atoms with Crippen molar-refractivity contribution in [2.24, 2.45) is 0 Å². The number of pyridine rings is 1. The molecule has 0 saturated heterocycles. The molecule has 4 aromatic rings. The second-order valence-corrected chi connectivity index (χ2v) is 8.27. The summed E-state index contributed by atoms with van der Waals surface area (Å²) in [6.45, 7) is -0.0976. The third kappa shape index (κ3) is 6.82. The van der Waals surface area contributed by atoms with Crippen molar-refractivity contribution in [2.45, 2.75) is 6.61 Å². The van der Waals surface area contributed by atoms with Crippen LogP contribution >= 0.6 is 11.6 Å². The minimum absolute atomic E-state index is 0.108. The van der Waals surface area contributed by atoms with Gasteiger partial charge in [-0.25, -0.2) is 9.97 Å². The summed E-state index contributed by atoms with van der Waals surface area (Å²) < 4.78 is 11.8. The molecule has 2 heterocycles. The lowest BCUT2D eigenvalue weighted by Gasteiger charge is -2.21. The molecule has 37 heavy (non-hydrogen) atoms. The van der Waals surface area contributed by atoms with Crippen molar-refractivity contribution in [3.05, 3.63) is 77.8 Å². The lowest BCUT2D eigenvalue weighted by molar-refractivity contribution is -0.135. The standard InChI is InChI=1S/C26H26ClN5O5/c27-20-14-18(7-8-22(20)37-16-19-4-1-2-9-28-19)31-26-25-21(29-17-30-26)5-3-6-23(25)36-13-11-32(10-12-33)24(35)15-34/h1-9,14,17,33-34H,10-13,15-16H2,(H,29,30,31). The van der Waals surface area contributed by atoms with Crippen molar-refractivity contribution in [1.29, 1.82) is 0 Å². The Hall–Kier alpha value is -3.99. The summed E-state index contributed by atoms with van der Waals surface area (Å²) in [6, 6.07) is 16.4. The summed E-state index contributed by atoms with van der Waals surface area (Å²) in [5.74, 6) is 1.07. The van der Waals surface area contributed by atoms with Gasteiger partial charge in [-0.1, -0.05) is 23.7 Å². The molecule has 0 atom stereocenters. The molecule has 1 amide bonds. The van der Waals surface area contributed by atoms with Gasteiger partial charge in [-0.15, -0.1) is 0 Å². The molecule has 0 saturated carbocycles. The van der Waals surface area contributed by atoms with Gasteiger partial charge in [-0.2, -0.15) is 0 Å². The first-order valence-corrected chi connectivity index (χ1v) is 11.9. The van der Waals surface area contributed by atoms with Gasteiger partial charge in [-0.3, -0.25) is 9.78 Å². The highest BCUT2D eigenvalue weighted by Gasteiger charge is 2.14. The van der Waals surface area contributed by atoms with Crippen molar-refractivity contribution < 1.29 is 24.5 Å². The van der Waals surface area contributed by atoms with E-state index in [1.165, 1.54) is 11.2 Å². The molecule has 2 aromatic carbocycles. The van der Waals surface area contributed by atoms with Gasteiger partial charge in [0, 0.05) is 18.4 Å². The van der Waals surface area contributed by atoms with Gasteiger partial charge in [0.2, 0.25) is 5.91 Å². The average molecular weight is 524 g/mol. The molecule has 0 fully saturated rings. The van der Waals surface area contributed by atoms with E-state index < -0.39 is 12.5 Å². The number of fused-ring (bicyclic) bond motifs is 1. The summed E-state index contributed by atoms with van der Waals surface area (Å²) in [4.78, 5) is 26.1. The first-order valence-electron chi connectivity index (χ1n) is 11.5. The molecular weight excluding hydrogens is 498 g/mol. The van der Waals surface area contributed by atoms with E-state index in [4.69, 9.17) is 26.2 Å². The molecule has 0 spiro atoms. The molecule has 192 valence electrons. The third-order valence-electron chi connectivity index (χ3n) is 5.40. The Morgan fingerprint density at radius 2 is 1.86 bits per heavy atom. The van der Waals surface area contributed by atoms with Gasteiger partial charge in [0.05, 0.1) is 34.8 Å². The van der Waals surface area contributed by atoms with Crippen LogP contribution in [-0.4, -0.2) is 68.9 Å². The number of nitrogens with zero attached hydrogens (tertiary/aromatic N) is 4. The predicted molar refractivity (Wildman–Crippen MR) is 139 cm³/mol. The number of hydrogen-bond donors (Lipinski definition) is 3. The first-order chi connectivity index (χ1) is 18.1. The molecule has 3 N–H and O–H groups in total. The van der Waals surface area contributed by atoms with E-state index in [1.54, 1.807) is 24.4 Å². The molecule has 0 unspecified atom stereocenters. The van der Waals surface area contributed by atoms with Crippen LogP contribution in [0.4, 0.5) is 11.5 Å². The molecular formula is C26H26ClN5O5. The summed E-state index contributed by atoms with van der Waals surface area (Å²) in [5.41, 5.74) is 2.14. The number of hydrogen-bond acceptors (Lipinski definition) is 9. The van der Waals surface area contributed by atoms with Crippen LogP contribution in [0.1, 0.15) is 5.69 Å². The highest BCUT2D eigenvalue weighted by Crippen LogP contribution is 2.34. The van der Waals surface area contributed by atoms with Crippen LogP contribution in [-0.2, 0) is 11.4 Å². The van der Waals surface area contributed by atoms with Crippen LogP contribution in [0, 0.1) is 0 Å². The maximum atomic E-state index is 11.8. The predicted octanol–water partition coefficient (Wildman–Crippen LogP) is 3.19. The van der Waals surface area contributed by atoms with Crippen LogP contribution in [0.25, 0.3) is 10.9 Å². The van der Waals surface area contributed by atoms with E-state index in [1.807, 2.05) is 36.4 Å². The van der Waals surface area contributed by atoms with Crippen molar-refractivity contribution in [3.63, 3.8) is 0 Å². The molecule has 0 aliphatic rings. The van der Waals surface area contributed by atoms with Crippen LogP contribution < -0.4 is 14.8 Å². The topological polar surface area (TPSA) is 130 Å². The fourth-order valence-corrected chi connectivity index (χ4v) is 3.84. The molecule has 4 rings (SSSR count). The minimum atomic E-state index is -0.633. The van der Waals surface area contributed by atoms with E-state index in [9.17, 15) is 9.90 Å². The molecule has 0 radical (unpaired) electrons. The number of halogens is 1. The summed E-state index contributed by atoms with van der Waals surface area (Å²) in [6.07, 6.45) is 3.15. The van der Waals surface area contributed by atoms with Gasteiger partial charge in [0.1, 0.15) is 43.5 Å². The Morgan fingerprint density at radius 3 is 2.62 bits per heavy atom. The zero-order valence-corrected chi connectivity index (χ0v) is 20.6. The normalized spacial score (nSPS) is 10.8. The third-order valence-corrected chi connectivity index (χ3v) is 5.69. The van der Waals surface area contributed by atoms with E-state index in [0.717, 1.165) is 5.69 Å². The van der Waals surface area contributed by atoms with Crippen molar-refractivity contribution in [2.75, 3.05) is 38.2 Å². The van der Waals surface area contributed by atoms with E-state index in [2.05, 4.69) is 20.3 Å². The number of anilines is 2. The second-order valence-electron chi connectivity index (χ2n) is 7.86. The van der Waals surface area contributed by atoms with E-state index in [-0.39, 0.29) is 26.3 Å². The van der Waals surface area contributed by atoms with Gasteiger partial charge < -0.3 is 29.9 Å². The Balaban J connectivity index is 1.49. The molecule has 0 bridgehead atoms. The highest BCUT2D eigenvalue weighted by atomic mass is 35.5. The number of aromatic nitrogens is 3. The maximum Gasteiger partial charge on any atom is 0.248 e. The minimum Gasteiger partial charge on any atom is -0.491 e. The van der Waals surface area contributed by atoms with E-state index in [0.29, 0.717) is 45.5 Å². The van der Waals surface area contributed by atoms with Crippen molar-refractivity contribution in [1.82, 2.24) is 19.9 Å². The molecule has 0 aliphatic carbocycles. The SMILES string of the molecule is O=C(CO)N(CCO)CCOc1cccc2ncnc(Nc3ccc(OCc4ccccn4)c(Cl)c3)c12. The Morgan fingerprint density at radius 1 is 0.973 bits per heavy atom. The number of nitrogens with one attached hydrogen (secondary N) is 1. The Kier molecular flexibility index (Phi) is 9.03. The Labute approximate surface area is 218 Å². The van der Waals surface area contributed by atoms with Crippen molar-refractivity contribution in [3.8, 4) is 11.5 Å². The van der Waals surface area contributed by atoms with Gasteiger partial charge in [0.25, 0.3) is 0 Å². The summed E-state index contributed by atoms with van der Waals surface area (Å²) in [5, 5.41) is 22.6. The van der Waals surface area contributed by atoms with Crippen LogP contribution in [0.2, 0.25) is 5.02 Å². The average Bonchev–Trinajstić information content (AvgIpc) is 2.92. The number of aliphatic hydroxyl groups is 2. The first kappa shape index (κ1) is 26.1. The fraction of sp³-hybridized carbons (Fsp3) is 0.231. The second kappa shape index (κ2) is 12.8. The fourth-order valence-electron chi connectivity index (χ4n) is 3.61. The maximum absolute atomic E-state index is 11.8. The smallest absolute Gasteiger partial charge is 0.248 e. The van der Waals surface area contributed by atoms with Crippen LogP contribution in [0.15, 0.2) is 67.1 Å². The number of benzene rings is 2. The number of carbonyl (C=O) groups excluding carboxylic acids is 1.